The Balaban J connectivity index is 1.74. The minimum atomic E-state index is -1.34. The number of ether oxygens (including phenoxy) is 2. The predicted molar refractivity (Wildman–Crippen MR) is 113 cm³/mol. The molecule has 158 valence electrons. The molecule has 31 heavy (non-hydrogen) atoms. The van der Waals surface area contributed by atoms with Gasteiger partial charge in [0.1, 0.15) is 0 Å². The van der Waals surface area contributed by atoms with Crippen molar-refractivity contribution >= 4 is 29.2 Å². The van der Waals surface area contributed by atoms with Crippen molar-refractivity contribution in [3.8, 4) is 0 Å². The molecule has 2 aromatic rings. The van der Waals surface area contributed by atoms with Gasteiger partial charge < -0.3 is 19.7 Å². The van der Waals surface area contributed by atoms with Gasteiger partial charge in [0.05, 0.1) is 11.4 Å². The summed E-state index contributed by atoms with van der Waals surface area (Å²) >= 11 is 0. The lowest BCUT2D eigenvalue weighted by Crippen LogP contribution is -2.44. The second kappa shape index (κ2) is 7.71. The van der Waals surface area contributed by atoms with Gasteiger partial charge in [-0.1, -0.05) is 48.5 Å². The van der Waals surface area contributed by atoms with Crippen LogP contribution in [-0.2, 0) is 23.9 Å². The molecule has 1 saturated heterocycles. The van der Waals surface area contributed by atoms with Crippen LogP contribution in [-0.4, -0.2) is 42.6 Å². The number of esters is 2. The molecule has 0 saturated carbocycles. The molecule has 0 aliphatic carbocycles. The highest BCUT2D eigenvalue weighted by Crippen LogP contribution is 2.27. The highest BCUT2D eigenvalue weighted by atomic mass is 16.7. The number of carbonyl (C=O) groups excluding carboxylic acids is 3. The number of para-hydroxylation sites is 1. The van der Waals surface area contributed by atoms with E-state index in [0.717, 1.165) is 17.3 Å². The maximum absolute atomic E-state index is 13.1. The number of nitrogens with zero attached hydrogens (tertiary/aromatic N) is 2. The molecule has 1 fully saturated rings. The first-order valence-corrected chi connectivity index (χ1v) is 9.70. The zero-order valence-corrected chi connectivity index (χ0v) is 17.3. The summed E-state index contributed by atoms with van der Waals surface area (Å²) in [5, 5.41) is 2.79. The van der Waals surface area contributed by atoms with Gasteiger partial charge in [0.15, 0.2) is 11.7 Å². The molecule has 0 bridgehead atoms. The fourth-order valence-corrected chi connectivity index (χ4v) is 3.40. The maximum Gasteiger partial charge on any atom is 0.350 e. The van der Waals surface area contributed by atoms with Gasteiger partial charge in [-0.3, -0.25) is 4.79 Å². The lowest BCUT2D eigenvalue weighted by Gasteiger charge is -2.29. The summed E-state index contributed by atoms with van der Waals surface area (Å²) in [6.07, 6.45) is 0.0499. The van der Waals surface area contributed by atoms with Gasteiger partial charge in [-0.05, 0) is 6.07 Å². The molecule has 2 aromatic carbocycles. The summed E-state index contributed by atoms with van der Waals surface area (Å²) in [6, 6.07) is 16.9. The third kappa shape index (κ3) is 3.92. The monoisotopic (exact) mass is 419 g/mol. The Labute approximate surface area is 179 Å². The van der Waals surface area contributed by atoms with Crippen molar-refractivity contribution in [2.24, 2.45) is 4.99 Å². The number of amides is 1. The van der Waals surface area contributed by atoms with Crippen LogP contribution >= 0.6 is 0 Å². The Kier molecular flexibility index (Phi) is 5.06. The third-order valence-electron chi connectivity index (χ3n) is 4.89. The largest absolute Gasteiger partial charge is 0.419 e. The zero-order valence-electron chi connectivity index (χ0n) is 17.3. The van der Waals surface area contributed by atoms with Crippen LogP contribution in [0.2, 0.25) is 0 Å². The van der Waals surface area contributed by atoms with Crippen molar-refractivity contribution in [1.29, 1.82) is 0 Å². The van der Waals surface area contributed by atoms with Crippen LogP contribution in [0.3, 0.4) is 0 Å². The second-order valence-electron chi connectivity index (χ2n) is 7.56. The van der Waals surface area contributed by atoms with Gasteiger partial charge in [-0.15, -0.1) is 0 Å². The molecule has 2 heterocycles. The van der Waals surface area contributed by atoms with E-state index in [9.17, 15) is 14.4 Å². The maximum atomic E-state index is 13.1. The molecule has 2 aliphatic rings. The quantitative estimate of drug-likeness (QED) is 0.465. The molecule has 4 rings (SSSR count). The molecule has 8 heteroatoms. The van der Waals surface area contributed by atoms with E-state index < -0.39 is 23.9 Å². The van der Waals surface area contributed by atoms with Crippen LogP contribution < -0.4 is 10.2 Å². The fraction of sp³-hybridized carbons (Fsp3) is 0.217. The minimum absolute atomic E-state index is 0.340. The number of benzodiazepines with no additional fused rings is 1. The van der Waals surface area contributed by atoms with E-state index in [1.54, 1.807) is 7.05 Å². The van der Waals surface area contributed by atoms with Crippen molar-refractivity contribution in [3.05, 3.63) is 77.5 Å². The van der Waals surface area contributed by atoms with E-state index in [-0.39, 0.29) is 11.5 Å². The van der Waals surface area contributed by atoms with Crippen LogP contribution in [0, 0.1) is 0 Å². The Morgan fingerprint density at radius 3 is 2.26 bits per heavy atom. The molecular formula is C23H21N3O5. The molecule has 1 amide bonds. The fourth-order valence-electron chi connectivity index (χ4n) is 3.40. The number of cyclic esters (lactones) is 2. The van der Waals surface area contributed by atoms with Gasteiger partial charge in [0.2, 0.25) is 0 Å². The summed E-state index contributed by atoms with van der Waals surface area (Å²) in [4.78, 5) is 43.7. The number of likely N-dealkylation sites (N-methyl/N-ethyl adjacent to an activating group) is 1. The van der Waals surface area contributed by atoms with Crippen molar-refractivity contribution in [2.75, 3.05) is 11.9 Å². The average Bonchev–Trinajstić information content (AvgIpc) is 2.83. The van der Waals surface area contributed by atoms with Gasteiger partial charge in [-0.25, -0.2) is 14.6 Å². The number of benzene rings is 2. The Morgan fingerprint density at radius 2 is 1.58 bits per heavy atom. The SMILES string of the molecule is CN1C(=O)C(NC=C2C(=O)OC(C)(C)OC2=O)N=C(c2ccccc2)c2ccccc21. The van der Waals surface area contributed by atoms with Crippen LogP contribution in [0.4, 0.5) is 5.69 Å². The van der Waals surface area contributed by atoms with Crippen LogP contribution in [0.25, 0.3) is 0 Å². The van der Waals surface area contributed by atoms with Gasteiger partial charge in [-0.2, -0.15) is 0 Å². The van der Waals surface area contributed by atoms with Gasteiger partial charge in [0, 0.05) is 38.2 Å². The van der Waals surface area contributed by atoms with Gasteiger partial charge in [0.25, 0.3) is 11.7 Å². The first kappa shape index (κ1) is 20.3. The highest BCUT2D eigenvalue weighted by molar-refractivity contribution is 6.20. The first-order valence-electron chi connectivity index (χ1n) is 9.70. The molecule has 2 aliphatic heterocycles. The summed E-state index contributed by atoms with van der Waals surface area (Å²) in [7, 11) is 1.65. The highest BCUT2D eigenvalue weighted by Gasteiger charge is 2.39. The summed E-state index contributed by atoms with van der Waals surface area (Å²) in [5.41, 5.74) is 2.59. The number of anilines is 1. The number of aliphatic imine (C=N–C) groups is 1. The number of carbonyl (C=O) groups is 3. The minimum Gasteiger partial charge on any atom is -0.419 e. The number of rotatable bonds is 3. The number of nitrogens with one attached hydrogen (secondary N) is 1. The van der Waals surface area contributed by atoms with Crippen molar-refractivity contribution in [2.45, 2.75) is 25.8 Å². The van der Waals surface area contributed by atoms with Crippen molar-refractivity contribution < 1.29 is 23.9 Å². The van der Waals surface area contributed by atoms with Crippen molar-refractivity contribution in [1.82, 2.24) is 5.32 Å². The Bertz CT molecular complexity index is 1100. The lowest BCUT2D eigenvalue weighted by atomic mass is 10.0. The molecule has 0 radical (unpaired) electrons. The van der Waals surface area contributed by atoms with E-state index in [2.05, 4.69) is 10.3 Å². The average molecular weight is 419 g/mol. The van der Waals surface area contributed by atoms with E-state index in [1.165, 1.54) is 18.7 Å². The molecule has 1 N–H and O–H groups in total. The second-order valence-corrected chi connectivity index (χ2v) is 7.56. The zero-order chi connectivity index (χ0) is 22.2. The summed E-state index contributed by atoms with van der Waals surface area (Å²) < 4.78 is 10.2. The van der Waals surface area contributed by atoms with Gasteiger partial charge >= 0.3 is 11.9 Å². The molecule has 8 nitrogen and oxygen atoms in total. The summed E-state index contributed by atoms with van der Waals surface area (Å²) in [5.74, 6) is -3.37. The summed E-state index contributed by atoms with van der Waals surface area (Å²) in [6.45, 7) is 2.93. The van der Waals surface area contributed by atoms with Crippen LogP contribution in [0.1, 0.15) is 25.0 Å². The molecule has 1 atom stereocenters. The topological polar surface area (TPSA) is 97.3 Å². The Hall–Kier alpha value is -3.94. The van der Waals surface area contributed by atoms with E-state index in [0.29, 0.717) is 11.4 Å². The number of hydrogen-bond donors (Lipinski definition) is 1. The molecule has 0 spiro atoms. The van der Waals surface area contributed by atoms with Crippen molar-refractivity contribution in [3.63, 3.8) is 0 Å². The van der Waals surface area contributed by atoms with Crippen LogP contribution in [0.5, 0.6) is 0 Å². The molecule has 1 unspecified atom stereocenters. The van der Waals surface area contributed by atoms with Crippen LogP contribution in [0.15, 0.2) is 71.4 Å². The number of hydrogen-bond acceptors (Lipinski definition) is 7. The van der Waals surface area contributed by atoms with E-state index in [4.69, 9.17) is 9.47 Å². The lowest BCUT2D eigenvalue weighted by molar-refractivity contribution is -0.222. The Morgan fingerprint density at radius 1 is 0.968 bits per heavy atom. The number of fused-ring (bicyclic) bond motifs is 1. The predicted octanol–water partition coefficient (Wildman–Crippen LogP) is 2.14. The standard InChI is InChI=1S/C23H21N3O5/c1-23(2)30-21(28)16(22(29)31-23)13-24-19-20(27)26(3)17-12-8-7-11-15(17)18(25-19)14-9-5-4-6-10-14/h4-13,19,24H,1-3H3. The third-order valence-corrected chi connectivity index (χ3v) is 4.89. The van der Waals surface area contributed by atoms with E-state index in [1.807, 2.05) is 54.6 Å². The molecular weight excluding hydrogens is 398 g/mol. The smallest absolute Gasteiger partial charge is 0.350 e. The first-order chi connectivity index (χ1) is 14.8. The normalized spacial score (nSPS) is 20.2. The van der Waals surface area contributed by atoms with E-state index >= 15 is 0 Å². The molecule has 0 aromatic heterocycles.